The van der Waals surface area contributed by atoms with Gasteiger partial charge in [-0.25, -0.2) is 4.98 Å². The van der Waals surface area contributed by atoms with Gasteiger partial charge < -0.3 is 0 Å². The third kappa shape index (κ3) is 3.91. The van der Waals surface area contributed by atoms with E-state index in [4.69, 9.17) is 23.2 Å². The Balaban J connectivity index is 1.76. The van der Waals surface area contributed by atoms with Crippen molar-refractivity contribution in [2.45, 2.75) is 6.92 Å². The Morgan fingerprint density at radius 1 is 1.13 bits per heavy atom. The topological polar surface area (TPSA) is 37.3 Å². The summed E-state index contributed by atoms with van der Waals surface area (Å²) in [4.78, 5) is 4.53. The molecule has 0 aliphatic rings. The van der Waals surface area contributed by atoms with Gasteiger partial charge in [-0.1, -0.05) is 59.6 Å². The quantitative estimate of drug-likeness (QED) is 0.460. The Labute approximate surface area is 148 Å². The van der Waals surface area contributed by atoms with Gasteiger partial charge in [-0.2, -0.15) is 5.10 Å². The summed E-state index contributed by atoms with van der Waals surface area (Å²) in [5.41, 5.74) is 6.59. The smallest absolute Gasteiger partial charge is 0.203 e. The van der Waals surface area contributed by atoms with Crippen LogP contribution in [0, 0.1) is 0 Å². The first-order valence-electron chi connectivity index (χ1n) is 6.90. The van der Waals surface area contributed by atoms with Crippen molar-refractivity contribution in [2.75, 3.05) is 5.43 Å². The summed E-state index contributed by atoms with van der Waals surface area (Å²) in [7, 11) is 0. The van der Waals surface area contributed by atoms with E-state index in [2.05, 4.69) is 15.5 Å². The number of nitrogens with one attached hydrogen (secondary N) is 1. The largest absolute Gasteiger partial charge is 0.252 e. The SMILES string of the molecule is C/C(=N\Nc1nc(-c2ccccc2)cs1)c1ccc(Cl)cc1Cl. The molecule has 3 nitrogen and oxygen atoms in total. The van der Waals surface area contributed by atoms with Gasteiger partial charge in [0.15, 0.2) is 0 Å². The maximum absolute atomic E-state index is 6.18. The molecule has 1 heterocycles. The van der Waals surface area contributed by atoms with Crippen LogP contribution in [0.3, 0.4) is 0 Å². The second-order valence-corrected chi connectivity index (χ2v) is 6.54. The predicted molar refractivity (Wildman–Crippen MR) is 99.8 cm³/mol. The van der Waals surface area contributed by atoms with Crippen LogP contribution in [0.25, 0.3) is 11.3 Å². The average molecular weight is 362 g/mol. The lowest BCUT2D eigenvalue weighted by atomic mass is 10.1. The normalized spacial score (nSPS) is 11.5. The van der Waals surface area contributed by atoms with Crippen molar-refractivity contribution in [2.24, 2.45) is 5.10 Å². The molecule has 2 aromatic carbocycles. The van der Waals surface area contributed by atoms with Gasteiger partial charge in [-0.15, -0.1) is 11.3 Å². The third-order valence-electron chi connectivity index (χ3n) is 3.21. The standard InChI is InChI=1S/C17H13Cl2N3S/c1-11(14-8-7-13(18)9-15(14)19)21-22-17-20-16(10-23-17)12-5-3-2-4-6-12/h2-10H,1H3,(H,20,22)/b21-11+. The van der Waals surface area contributed by atoms with Gasteiger partial charge in [0.05, 0.1) is 16.4 Å². The summed E-state index contributed by atoms with van der Waals surface area (Å²) < 4.78 is 0. The maximum Gasteiger partial charge on any atom is 0.203 e. The van der Waals surface area contributed by atoms with Gasteiger partial charge in [-0.3, -0.25) is 5.43 Å². The van der Waals surface area contributed by atoms with E-state index in [-0.39, 0.29) is 0 Å². The lowest BCUT2D eigenvalue weighted by Gasteiger charge is -2.04. The average Bonchev–Trinajstić information content (AvgIpc) is 3.02. The highest BCUT2D eigenvalue weighted by molar-refractivity contribution is 7.14. The lowest BCUT2D eigenvalue weighted by molar-refractivity contribution is 1.27. The van der Waals surface area contributed by atoms with Crippen molar-refractivity contribution < 1.29 is 0 Å². The molecule has 1 aromatic heterocycles. The van der Waals surface area contributed by atoms with Crippen molar-refractivity contribution in [3.05, 3.63) is 69.5 Å². The molecule has 23 heavy (non-hydrogen) atoms. The van der Waals surface area contributed by atoms with E-state index in [1.54, 1.807) is 12.1 Å². The van der Waals surface area contributed by atoms with E-state index in [9.17, 15) is 0 Å². The second kappa shape index (κ2) is 7.13. The zero-order valence-electron chi connectivity index (χ0n) is 12.3. The molecule has 0 spiro atoms. The highest BCUT2D eigenvalue weighted by atomic mass is 35.5. The molecule has 3 aromatic rings. The monoisotopic (exact) mass is 361 g/mol. The molecule has 0 aliphatic heterocycles. The van der Waals surface area contributed by atoms with E-state index in [1.807, 2.05) is 48.7 Å². The molecule has 0 fully saturated rings. The van der Waals surface area contributed by atoms with Crippen LogP contribution in [0.5, 0.6) is 0 Å². The van der Waals surface area contributed by atoms with Crippen LogP contribution in [0.2, 0.25) is 10.0 Å². The number of hydrogen-bond acceptors (Lipinski definition) is 4. The van der Waals surface area contributed by atoms with Crippen LogP contribution in [-0.2, 0) is 0 Å². The molecule has 0 bridgehead atoms. The van der Waals surface area contributed by atoms with E-state index >= 15 is 0 Å². The molecule has 0 aliphatic carbocycles. The fraction of sp³-hybridized carbons (Fsp3) is 0.0588. The van der Waals surface area contributed by atoms with Gasteiger partial charge in [0.1, 0.15) is 0 Å². The van der Waals surface area contributed by atoms with Crippen molar-refractivity contribution in [3.8, 4) is 11.3 Å². The van der Waals surface area contributed by atoms with Gasteiger partial charge in [0.25, 0.3) is 0 Å². The first kappa shape index (κ1) is 16.0. The summed E-state index contributed by atoms with van der Waals surface area (Å²) in [5, 5.41) is 8.25. The molecule has 6 heteroatoms. The van der Waals surface area contributed by atoms with Crippen molar-refractivity contribution in [1.29, 1.82) is 0 Å². The summed E-state index contributed by atoms with van der Waals surface area (Å²) >= 11 is 13.6. The summed E-state index contributed by atoms with van der Waals surface area (Å²) in [6, 6.07) is 15.4. The molecule has 0 unspecified atom stereocenters. The van der Waals surface area contributed by atoms with Gasteiger partial charge in [-0.05, 0) is 19.1 Å². The molecule has 0 saturated carbocycles. The van der Waals surface area contributed by atoms with Gasteiger partial charge in [0.2, 0.25) is 5.13 Å². The minimum atomic E-state index is 0.574. The minimum Gasteiger partial charge on any atom is -0.252 e. The number of hydrazone groups is 1. The van der Waals surface area contributed by atoms with Crippen LogP contribution in [0.1, 0.15) is 12.5 Å². The molecule has 0 amide bonds. The second-order valence-electron chi connectivity index (χ2n) is 4.84. The Morgan fingerprint density at radius 2 is 1.91 bits per heavy atom. The first-order chi connectivity index (χ1) is 11.1. The van der Waals surface area contributed by atoms with E-state index in [0.29, 0.717) is 10.0 Å². The van der Waals surface area contributed by atoms with Crippen LogP contribution >= 0.6 is 34.5 Å². The molecule has 0 atom stereocenters. The predicted octanol–water partition coefficient (Wildman–Crippen LogP) is 5.95. The number of benzene rings is 2. The number of thiazole rings is 1. The number of rotatable bonds is 4. The number of hydrogen-bond donors (Lipinski definition) is 1. The fourth-order valence-corrected chi connectivity index (χ4v) is 3.25. The van der Waals surface area contributed by atoms with Crippen LogP contribution < -0.4 is 5.43 Å². The Hall–Kier alpha value is -1.88. The van der Waals surface area contributed by atoms with Crippen molar-refractivity contribution >= 4 is 45.4 Å². The number of anilines is 1. The van der Waals surface area contributed by atoms with Crippen LogP contribution in [0.15, 0.2) is 59.0 Å². The van der Waals surface area contributed by atoms with Gasteiger partial charge >= 0.3 is 0 Å². The number of aromatic nitrogens is 1. The summed E-state index contributed by atoms with van der Waals surface area (Å²) in [6.45, 7) is 1.88. The van der Waals surface area contributed by atoms with E-state index < -0.39 is 0 Å². The first-order valence-corrected chi connectivity index (χ1v) is 8.54. The van der Waals surface area contributed by atoms with Crippen LogP contribution in [-0.4, -0.2) is 10.7 Å². The molecule has 116 valence electrons. The zero-order valence-corrected chi connectivity index (χ0v) is 14.6. The Morgan fingerprint density at radius 3 is 2.65 bits per heavy atom. The van der Waals surface area contributed by atoms with Gasteiger partial charge in [0, 0.05) is 21.5 Å². The molecule has 0 radical (unpaired) electrons. The molecule has 0 saturated heterocycles. The number of nitrogens with zero attached hydrogens (tertiary/aromatic N) is 2. The van der Waals surface area contributed by atoms with Crippen molar-refractivity contribution in [3.63, 3.8) is 0 Å². The summed E-state index contributed by atoms with van der Waals surface area (Å²) in [5.74, 6) is 0. The third-order valence-corrected chi connectivity index (χ3v) is 4.51. The zero-order chi connectivity index (χ0) is 16.2. The van der Waals surface area contributed by atoms with E-state index in [0.717, 1.165) is 27.7 Å². The molecule has 1 N–H and O–H groups in total. The molecular formula is C17H13Cl2N3S. The highest BCUT2D eigenvalue weighted by Crippen LogP contribution is 2.25. The lowest BCUT2D eigenvalue weighted by Crippen LogP contribution is -2.00. The minimum absolute atomic E-state index is 0.574. The van der Waals surface area contributed by atoms with Crippen LogP contribution in [0.4, 0.5) is 5.13 Å². The molecular weight excluding hydrogens is 349 g/mol. The fourth-order valence-electron chi connectivity index (χ4n) is 2.04. The Bertz CT molecular complexity index is 844. The van der Waals surface area contributed by atoms with E-state index in [1.165, 1.54) is 11.3 Å². The van der Waals surface area contributed by atoms with Crippen molar-refractivity contribution in [1.82, 2.24) is 4.98 Å². The Kier molecular flexibility index (Phi) is 4.96. The molecule has 3 rings (SSSR count). The maximum atomic E-state index is 6.18. The highest BCUT2D eigenvalue weighted by Gasteiger charge is 2.06. The summed E-state index contributed by atoms with van der Waals surface area (Å²) in [6.07, 6.45) is 0. The number of halogens is 2.